The van der Waals surface area contributed by atoms with Crippen molar-refractivity contribution in [2.75, 3.05) is 13.1 Å². The number of piperidine rings is 1. The van der Waals surface area contributed by atoms with Gasteiger partial charge in [-0.05, 0) is 18.9 Å². The molecule has 1 aromatic rings. The van der Waals surface area contributed by atoms with E-state index in [4.69, 9.17) is 0 Å². The number of rotatable bonds is 3. The Bertz CT molecular complexity index is 412. The summed E-state index contributed by atoms with van der Waals surface area (Å²) in [5, 5.41) is 12.7. The molecule has 0 spiro atoms. The molecule has 4 nitrogen and oxygen atoms in total. The maximum Gasteiger partial charge on any atom is 0.217 e. The van der Waals surface area contributed by atoms with E-state index in [0.29, 0.717) is 11.8 Å². The number of nitrogens with one attached hydrogen (secondary N) is 1. The van der Waals surface area contributed by atoms with Gasteiger partial charge in [-0.2, -0.15) is 0 Å². The molecule has 0 bridgehead atoms. The maximum absolute atomic E-state index is 11.0. The summed E-state index contributed by atoms with van der Waals surface area (Å²) in [5.41, 5.74) is 0.968. The Hall–Kier alpha value is -1.55. The number of amides is 1. The summed E-state index contributed by atoms with van der Waals surface area (Å²) in [6.45, 7) is 4.26. The number of nitrogens with zero attached hydrogens (tertiary/aromatic N) is 1. The number of aromatic hydroxyl groups is 1. The zero-order valence-corrected chi connectivity index (χ0v) is 10.7. The Morgan fingerprint density at radius 3 is 2.67 bits per heavy atom. The molecule has 1 heterocycles. The van der Waals surface area contributed by atoms with Crippen LogP contribution in [0.4, 0.5) is 0 Å². The second-order valence-corrected chi connectivity index (χ2v) is 4.88. The molecule has 0 aromatic heterocycles. The highest BCUT2D eigenvalue weighted by molar-refractivity contribution is 5.73. The van der Waals surface area contributed by atoms with Crippen molar-refractivity contribution in [3.63, 3.8) is 0 Å². The van der Waals surface area contributed by atoms with Crippen LogP contribution in [0.2, 0.25) is 0 Å². The molecule has 2 N–H and O–H groups in total. The number of hydrogen-bond acceptors (Lipinski definition) is 3. The third-order valence-electron chi connectivity index (χ3n) is 3.38. The standard InChI is InChI=1S/C14H20N2O2/c1-11(17)15-13-6-8-16(9-7-13)10-12-4-2-3-5-14(12)18/h2-5,13,18H,6-10H2,1H3,(H,15,17). The van der Waals surface area contributed by atoms with Gasteiger partial charge in [0.05, 0.1) is 0 Å². The molecule has 1 aromatic carbocycles. The molecule has 0 radical (unpaired) electrons. The van der Waals surface area contributed by atoms with Gasteiger partial charge in [0.25, 0.3) is 0 Å². The van der Waals surface area contributed by atoms with Crippen LogP contribution < -0.4 is 5.32 Å². The monoisotopic (exact) mass is 248 g/mol. The summed E-state index contributed by atoms with van der Waals surface area (Å²) >= 11 is 0. The number of phenolic OH excluding ortho intramolecular Hbond substituents is 1. The average Bonchev–Trinajstić information content (AvgIpc) is 2.34. The Morgan fingerprint density at radius 2 is 2.06 bits per heavy atom. The van der Waals surface area contributed by atoms with Crippen LogP contribution in [0.15, 0.2) is 24.3 Å². The molecule has 18 heavy (non-hydrogen) atoms. The van der Waals surface area contributed by atoms with Gasteiger partial charge in [-0.1, -0.05) is 18.2 Å². The molecule has 0 saturated carbocycles. The van der Waals surface area contributed by atoms with Crippen molar-refractivity contribution in [2.45, 2.75) is 32.4 Å². The number of hydrogen-bond donors (Lipinski definition) is 2. The van der Waals surface area contributed by atoms with Crippen LogP contribution in [-0.2, 0) is 11.3 Å². The highest BCUT2D eigenvalue weighted by Gasteiger charge is 2.20. The van der Waals surface area contributed by atoms with Crippen molar-refractivity contribution in [2.24, 2.45) is 0 Å². The minimum atomic E-state index is 0.0501. The van der Waals surface area contributed by atoms with Crippen LogP contribution in [0, 0.1) is 0 Å². The predicted molar refractivity (Wildman–Crippen MR) is 70.2 cm³/mol. The fourth-order valence-electron chi connectivity index (χ4n) is 2.41. The molecule has 0 aliphatic carbocycles. The SMILES string of the molecule is CC(=O)NC1CCN(Cc2ccccc2O)CC1. The third kappa shape index (κ3) is 3.47. The second kappa shape index (κ2) is 5.87. The summed E-state index contributed by atoms with van der Waals surface area (Å²) in [5.74, 6) is 0.413. The van der Waals surface area contributed by atoms with E-state index in [-0.39, 0.29) is 5.91 Å². The van der Waals surface area contributed by atoms with Crippen LogP contribution in [0.3, 0.4) is 0 Å². The maximum atomic E-state index is 11.0. The van der Waals surface area contributed by atoms with Gasteiger partial charge in [0.15, 0.2) is 0 Å². The van der Waals surface area contributed by atoms with E-state index >= 15 is 0 Å². The third-order valence-corrected chi connectivity index (χ3v) is 3.38. The lowest BCUT2D eigenvalue weighted by Gasteiger charge is -2.32. The highest BCUT2D eigenvalue weighted by Crippen LogP contribution is 2.20. The van der Waals surface area contributed by atoms with Crippen LogP contribution in [0.5, 0.6) is 5.75 Å². The largest absolute Gasteiger partial charge is 0.508 e. The van der Waals surface area contributed by atoms with E-state index in [2.05, 4.69) is 10.2 Å². The molecule has 1 aliphatic heterocycles. The minimum Gasteiger partial charge on any atom is -0.508 e. The molecule has 0 atom stereocenters. The summed E-state index contributed by atoms with van der Waals surface area (Å²) in [7, 11) is 0. The van der Waals surface area contributed by atoms with Crippen molar-refractivity contribution < 1.29 is 9.90 Å². The lowest BCUT2D eigenvalue weighted by Crippen LogP contribution is -2.43. The Labute approximate surface area is 108 Å². The zero-order chi connectivity index (χ0) is 13.0. The molecule has 4 heteroatoms. The van der Waals surface area contributed by atoms with Crippen LogP contribution in [-0.4, -0.2) is 35.0 Å². The number of carbonyl (C=O) groups excluding carboxylic acids is 1. The fraction of sp³-hybridized carbons (Fsp3) is 0.500. The number of carbonyl (C=O) groups is 1. The number of phenols is 1. The molecule has 1 fully saturated rings. The highest BCUT2D eigenvalue weighted by atomic mass is 16.3. The Kier molecular flexibility index (Phi) is 4.20. The molecule has 2 rings (SSSR count). The van der Waals surface area contributed by atoms with E-state index in [1.54, 1.807) is 13.0 Å². The first-order valence-electron chi connectivity index (χ1n) is 6.41. The predicted octanol–water partition coefficient (Wildman–Crippen LogP) is 1.49. The lowest BCUT2D eigenvalue weighted by atomic mass is 10.0. The van der Waals surface area contributed by atoms with Gasteiger partial charge in [-0.15, -0.1) is 0 Å². The van der Waals surface area contributed by atoms with E-state index < -0.39 is 0 Å². The number of likely N-dealkylation sites (tertiary alicyclic amines) is 1. The zero-order valence-electron chi connectivity index (χ0n) is 10.7. The topological polar surface area (TPSA) is 52.6 Å². The van der Waals surface area contributed by atoms with Crippen LogP contribution in [0.25, 0.3) is 0 Å². The van der Waals surface area contributed by atoms with Crippen LogP contribution >= 0.6 is 0 Å². The molecule has 1 saturated heterocycles. The van der Waals surface area contributed by atoms with Gasteiger partial charge < -0.3 is 10.4 Å². The smallest absolute Gasteiger partial charge is 0.217 e. The van der Waals surface area contributed by atoms with Gasteiger partial charge in [0.1, 0.15) is 5.75 Å². The van der Waals surface area contributed by atoms with Crippen molar-refractivity contribution in [1.82, 2.24) is 10.2 Å². The van der Waals surface area contributed by atoms with Crippen molar-refractivity contribution in [3.05, 3.63) is 29.8 Å². The van der Waals surface area contributed by atoms with Crippen molar-refractivity contribution >= 4 is 5.91 Å². The first kappa shape index (κ1) is 12.9. The number of para-hydroxylation sites is 1. The molecule has 1 amide bonds. The normalized spacial score (nSPS) is 17.6. The summed E-state index contributed by atoms with van der Waals surface area (Å²) in [6, 6.07) is 7.76. The summed E-state index contributed by atoms with van der Waals surface area (Å²) < 4.78 is 0. The van der Waals surface area contributed by atoms with E-state index in [0.717, 1.165) is 38.0 Å². The minimum absolute atomic E-state index is 0.0501. The summed E-state index contributed by atoms with van der Waals surface area (Å²) in [6.07, 6.45) is 1.96. The van der Waals surface area contributed by atoms with E-state index in [1.807, 2.05) is 18.2 Å². The van der Waals surface area contributed by atoms with E-state index in [1.165, 1.54) is 0 Å². The van der Waals surface area contributed by atoms with Crippen molar-refractivity contribution in [3.8, 4) is 5.75 Å². The average molecular weight is 248 g/mol. The summed E-state index contributed by atoms with van der Waals surface area (Å²) in [4.78, 5) is 13.3. The molecular formula is C14H20N2O2. The van der Waals surface area contributed by atoms with Gasteiger partial charge in [-0.25, -0.2) is 0 Å². The second-order valence-electron chi connectivity index (χ2n) is 4.88. The fourth-order valence-corrected chi connectivity index (χ4v) is 2.41. The molecular weight excluding hydrogens is 228 g/mol. The molecule has 0 unspecified atom stereocenters. The first-order valence-corrected chi connectivity index (χ1v) is 6.41. The Morgan fingerprint density at radius 1 is 1.39 bits per heavy atom. The molecule has 1 aliphatic rings. The van der Waals surface area contributed by atoms with E-state index in [9.17, 15) is 9.90 Å². The lowest BCUT2D eigenvalue weighted by molar-refractivity contribution is -0.119. The van der Waals surface area contributed by atoms with Crippen molar-refractivity contribution in [1.29, 1.82) is 0 Å². The van der Waals surface area contributed by atoms with Gasteiger partial charge in [0.2, 0.25) is 5.91 Å². The van der Waals surface area contributed by atoms with Gasteiger partial charge in [0, 0.05) is 38.2 Å². The van der Waals surface area contributed by atoms with Gasteiger partial charge >= 0.3 is 0 Å². The Balaban J connectivity index is 1.84. The van der Waals surface area contributed by atoms with Crippen LogP contribution in [0.1, 0.15) is 25.3 Å². The quantitative estimate of drug-likeness (QED) is 0.852. The molecule has 98 valence electrons. The number of benzene rings is 1. The van der Waals surface area contributed by atoms with Gasteiger partial charge in [-0.3, -0.25) is 9.69 Å². The first-order chi connectivity index (χ1) is 8.65.